The Hall–Kier alpha value is -1.16. The number of nitrogens with one attached hydrogen (secondary N) is 1. The Bertz CT molecular complexity index is 271. The number of benzene rings is 1. The molecule has 78 valence electrons. The van der Waals surface area contributed by atoms with E-state index in [4.69, 9.17) is 4.74 Å². The van der Waals surface area contributed by atoms with Gasteiger partial charge in [-0.25, -0.2) is 8.78 Å². The van der Waals surface area contributed by atoms with Crippen molar-refractivity contribution >= 4 is 5.69 Å². The maximum atomic E-state index is 12.7. The van der Waals surface area contributed by atoms with E-state index in [9.17, 15) is 8.78 Å². The molecule has 0 saturated heterocycles. The SMILES string of the molecule is COCCCNc1cc(F)cc(F)c1. The van der Waals surface area contributed by atoms with E-state index in [0.717, 1.165) is 12.5 Å². The van der Waals surface area contributed by atoms with Gasteiger partial charge in [0.2, 0.25) is 0 Å². The minimum absolute atomic E-state index is 0.457. The number of anilines is 1. The highest BCUT2D eigenvalue weighted by Gasteiger charge is 1.99. The van der Waals surface area contributed by atoms with E-state index in [1.54, 1.807) is 7.11 Å². The van der Waals surface area contributed by atoms with Gasteiger partial charge in [0.05, 0.1) is 0 Å². The van der Waals surface area contributed by atoms with Gasteiger partial charge in [0.1, 0.15) is 11.6 Å². The van der Waals surface area contributed by atoms with Crippen molar-refractivity contribution in [3.8, 4) is 0 Å². The third-order valence-corrected chi connectivity index (χ3v) is 1.72. The van der Waals surface area contributed by atoms with E-state index in [0.29, 0.717) is 18.8 Å². The zero-order chi connectivity index (χ0) is 10.4. The van der Waals surface area contributed by atoms with Crippen LogP contribution in [0.2, 0.25) is 0 Å². The van der Waals surface area contributed by atoms with Gasteiger partial charge >= 0.3 is 0 Å². The number of halogens is 2. The van der Waals surface area contributed by atoms with Crippen molar-refractivity contribution in [2.24, 2.45) is 0 Å². The molecular formula is C10H13F2NO. The Morgan fingerprint density at radius 2 is 1.86 bits per heavy atom. The molecule has 0 radical (unpaired) electrons. The molecule has 0 heterocycles. The third kappa shape index (κ3) is 3.70. The van der Waals surface area contributed by atoms with Crippen LogP contribution in [0.15, 0.2) is 18.2 Å². The third-order valence-electron chi connectivity index (χ3n) is 1.72. The molecule has 1 rings (SSSR count). The molecule has 0 aliphatic rings. The van der Waals surface area contributed by atoms with Crippen LogP contribution in [0.25, 0.3) is 0 Å². The summed E-state index contributed by atoms with van der Waals surface area (Å²) in [5.41, 5.74) is 0.457. The first-order valence-corrected chi connectivity index (χ1v) is 4.41. The minimum atomic E-state index is -0.570. The molecule has 0 saturated carbocycles. The summed E-state index contributed by atoms with van der Waals surface area (Å²) in [6, 6.07) is 3.37. The molecule has 2 nitrogen and oxygen atoms in total. The molecule has 0 aliphatic heterocycles. The van der Waals surface area contributed by atoms with Crippen LogP contribution in [0.4, 0.5) is 14.5 Å². The fraction of sp³-hybridized carbons (Fsp3) is 0.400. The molecular weight excluding hydrogens is 188 g/mol. The molecule has 0 unspecified atom stereocenters. The van der Waals surface area contributed by atoms with Crippen LogP contribution in [0.5, 0.6) is 0 Å². The molecule has 1 aromatic carbocycles. The van der Waals surface area contributed by atoms with Crippen LogP contribution < -0.4 is 5.32 Å². The predicted molar refractivity (Wildman–Crippen MR) is 51.3 cm³/mol. The molecule has 0 spiro atoms. The van der Waals surface area contributed by atoms with E-state index in [-0.39, 0.29) is 0 Å². The van der Waals surface area contributed by atoms with Crippen molar-refractivity contribution in [3.63, 3.8) is 0 Å². The van der Waals surface area contributed by atoms with E-state index in [2.05, 4.69) is 5.32 Å². The molecule has 0 bridgehead atoms. The number of ether oxygens (including phenoxy) is 1. The van der Waals surface area contributed by atoms with Crippen LogP contribution in [0.3, 0.4) is 0 Å². The summed E-state index contributed by atoms with van der Waals surface area (Å²) in [5, 5.41) is 2.90. The van der Waals surface area contributed by atoms with Crippen LogP contribution in [0.1, 0.15) is 6.42 Å². The average Bonchev–Trinajstić information content (AvgIpc) is 2.11. The van der Waals surface area contributed by atoms with Gasteiger partial charge in [-0.2, -0.15) is 0 Å². The second-order valence-corrected chi connectivity index (χ2v) is 2.93. The van der Waals surface area contributed by atoms with Gasteiger partial charge < -0.3 is 10.1 Å². The zero-order valence-electron chi connectivity index (χ0n) is 8.02. The zero-order valence-corrected chi connectivity index (χ0v) is 8.02. The Kier molecular flexibility index (Phi) is 4.32. The lowest BCUT2D eigenvalue weighted by Crippen LogP contribution is -2.05. The Balaban J connectivity index is 2.42. The highest BCUT2D eigenvalue weighted by Crippen LogP contribution is 2.12. The summed E-state index contributed by atoms with van der Waals surface area (Å²) < 4.78 is 30.2. The van der Waals surface area contributed by atoms with Crippen molar-refractivity contribution in [1.82, 2.24) is 0 Å². The van der Waals surface area contributed by atoms with Gasteiger partial charge in [-0.05, 0) is 18.6 Å². The highest BCUT2D eigenvalue weighted by molar-refractivity contribution is 5.43. The van der Waals surface area contributed by atoms with Crippen molar-refractivity contribution in [3.05, 3.63) is 29.8 Å². The lowest BCUT2D eigenvalue weighted by atomic mass is 10.3. The molecule has 0 atom stereocenters. The summed E-state index contributed by atoms with van der Waals surface area (Å²) in [6.45, 7) is 1.27. The highest BCUT2D eigenvalue weighted by atomic mass is 19.1. The smallest absolute Gasteiger partial charge is 0.128 e. The molecule has 0 aromatic heterocycles. The lowest BCUT2D eigenvalue weighted by Gasteiger charge is -2.05. The number of rotatable bonds is 5. The summed E-state index contributed by atoms with van der Waals surface area (Å²) in [5.74, 6) is -1.14. The van der Waals surface area contributed by atoms with Gasteiger partial charge in [-0.1, -0.05) is 0 Å². The van der Waals surface area contributed by atoms with Crippen LogP contribution in [-0.2, 0) is 4.74 Å². The van der Waals surface area contributed by atoms with Gasteiger partial charge in [-0.15, -0.1) is 0 Å². The number of hydrogen-bond acceptors (Lipinski definition) is 2. The van der Waals surface area contributed by atoms with Gasteiger partial charge in [-0.3, -0.25) is 0 Å². The number of hydrogen-bond donors (Lipinski definition) is 1. The quantitative estimate of drug-likeness (QED) is 0.738. The molecule has 4 heteroatoms. The molecule has 0 aliphatic carbocycles. The predicted octanol–water partition coefficient (Wildman–Crippen LogP) is 2.41. The topological polar surface area (TPSA) is 21.3 Å². The minimum Gasteiger partial charge on any atom is -0.385 e. The maximum absolute atomic E-state index is 12.7. The van der Waals surface area contributed by atoms with Gasteiger partial charge in [0.15, 0.2) is 0 Å². The first-order chi connectivity index (χ1) is 6.72. The van der Waals surface area contributed by atoms with Crippen molar-refractivity contribution in [2.75, 3.05) is 25.6 Å². The average molecular weight is 201 g/mol. The molecule has 0 amide bonds. The van der Waals surface area contributed by atoms with Crippen LogP contribution >= 0.6 is 0 Å². The Morgan fingerprint density at radius 1 is 1.21 bits per heavy atom. The second kappa shape index (κ2) is 5.54. The second-order valence-electron chi connectivity index (χ2n) is 2.93. The first kappa shape index (κ1) is 10.9. The molecule has 14 heavy (non-hydrogen) atoms. The Labute approximate surface area is 81.9 Å². The summed E-state index contributed by atoms with van der Waals surface area (Å²) in [6.07, 6.45) is 0.800. The molecule has 1 aromatic rings. The van der Waals surface area contributed by atoms with E-state index in [1.165, 1.54) is 12.1 Å². The summed E-state index contributed by atoms with van der Waals surface area (Å²) in [7, 11) is 1.61. The van der Waals surface area contributed by atoms with Crippen molar-refractivity contribution in [2.45, 2.75) is 6.42 Å². The van der Waals surface area contributed by atoms with Crippen molar-refractivity contribution < 1.29 is 13.5 Å². The first-order valence-electron chi connectivity index (χ1n) is 4.41. The van der Waals surface area contributed by atoms with Gasteiger partial charge in [0, 0.05) is 32.0 Å². The number of methoxy groups -OCH3 is 1. The van der Waals surface area contributed by atoms with Crippen molar-refractivity contribution in [1.29, 1.82) is 0 Å². The van der Waals surface area contributed by atoms with Crippen LogP contribution in [0, 0.1) is 11.6 Å². The maximum Gasteiger partial charge on any atom is 0.128 e. The van der Waals surface area contributed by atoms with Gasteiger partial charge in [0.25, 0.3) is 0 Å². The molecule has 1 N–H and O–H groups in total. The van der Waals surface area contributed by atoms with Crippen LogP contribution in [-0.4, -0.2) is 20.3 Å². The van der Waals surface area contributed by atoms with E-state index < -0.39 is 11.6 Å². The Morgan fingerprint density at radius 3 is 2.43 bits per heavy atom. The fourth-order valence-electron chi connectivity index (χ4n) is 1.11. The fourth-order valence-corrected chi connectivity index (χ4v) is 1.11. The summed E-state index contributed by atoms with van der Waals surface area (Å²) in [4.78, 5) is 0. The molecule has 0 fully saturated rings. The largest absolute Gasteiger partial charge is 0.385 e. The van der Waals surface area contributed by atoms with E-state index in [1.807, 2.05) is 0 Å². The normalized spacial score (nSPS) is 10.2. The summed E-state index contributed by atoms with van der Waals surface area (Å²) >= 11 is 0. The van der Waals surface area contributed by atoms with E-state index >= 15 is 0 Å². The standard InChI is InChI=1S/C10H13F2NO/c1-14-4-2-3-13-10-6-8(11)5-9(12)7-10/h5-7,13H,2-4H2,1H3. The lowest BCUT2D eigenvalue weighted by molar-refractivity contribution is 0.198. The monoisotopic (exact) mass is 201 g/mol.